The molecule has 0 fully saturated rings. The normalized spacial score (nSPS) is 12.7. The van der Waals surface area contributed by atoms with E-state index < -0.39 is 6.10 Å². The second-order valence-electron chi connectivity index (χ2n) is 17.6. The van der Waals surface area contributed by atoms with Gasteiger partial charge >= 0.3 is 17.9 Å². The first-order valence-corrected chi connectivity index (χ1v) is 26.7. The van der Waals surface area contributed by atoms with Crippen molar-refractivity contribution in [2.24, 2.45) is 0 Å². The van der Waals surface area contributed by atoms with Gasteiger partial charge in [-0.3, -0.25) is 14.4 Å². The first-order chi connectivity index (χ1) is 31.5. The smallest absolute Gasteiger partial charge is 0.306 e. The predicted molar refractivity (Wildman–Crippen MR) is 274 cm³/mol. The van der Waals surface area contributed by atoms with Crippen molar-refractivity contribution in [2.45, 2.75) is 252 Å². The van der Waals surface area contributed by atoms with Gasteiger partial charge in [-0.2, -0.15) is 0 Å². The zero-order chi connectivity index (χ0) is 46.5. The quantitative estimate of drug-likeness (QED) is 0.0262. The average molecular weight is 891 g/mol. The molecule has 0 aromatic carbocycles. The molecule has 0 radical (unpaired) electrons. The fraction of sp³-hybridized carbons (Fsp3) is 0.707. The van der Waals surface area contributed by atoms with Gasteiger partial charge in [-0.25, -0.2) is 0 Å². The molecular weight excluding hydrogens is 793 g/mol. The summed E-state index contributed by atoms with van der Waals surface area (Å²) in [7, 11) is 0. The maximum absolute atomic E-state index is 12.8. The fourth-order valence-electron chi connectivity index (χ4n) is 7.29. The van der Waals surface area contributed by atoms with E-state index in [1.54, 1.807) is 0 Å². The number of hydrogen-bond acceptors (Lipinski definition) is 6. The highest BCUT2D eigenvalue weighted by molar-refractivity contribution is 5.71. The van der Waals surface area contributed by atoms with Crippen LogP contribution in [-0.2, 0) is 28.6 Å². The lowest BCUT2D eigenvalue weighted by atomic mass is 10.0. The Morgan fingerprint density at radius 1 is 0.328 bits per heavy atom. The van der Waals surface area contributed by atoms with Gasteiger partial charge in [-0.05, 0) is 57.8 Å². The molecule has 0 aromatic rings. The second-order valence-corrected chi connectivity index (χ2v) is 17.6. The number of esters is 3. The van der Waals surface area contributed by atoms with Gasteiger partial charge in [0.1, 0.15) is 13.2 Å². The number of carbonyl (C=O) groups excluding carboxylic acids is 3. The minimum Gasteiger partial charge on any atom is -0.462 e. The van der Waals surface area contributed by atoms with E-state index in [9.17, 15) is 14.4 Å². The minimum atomic E-state index is -0.810. The molecule has 64 heavy (non-hydrogen) atoms. The summed E-state index contributed by atoms with van der Waals surface area (Å²) in [5.74, 6) is -0.989. The van der Waals surface area contributed by atoms with Crippen LogP contribution in [0, 0.1) is 0 Å². The van der Waals surface area contributed by atoms with E-state index in [0.717, 1.165) is 64.2 Å². The highest BCUT2D eigenvalue weighted by Gasteiger charge is 2.19. The maximum Gasteiger partial charge on any atom is 0.306 e. The Hall–Kier alpha value is -3.41. The Morgan fingerprint density at radius 3 is 1.06 bits per heavy atom. The van der Waals surface area contributed by atoms with Crippen LogP contribution in [-0.4, -0.2) is 37.2 Å². The molecule has 0 aromatic heterocycles. The van der Waals surface area contributed by atoms with E-state index in [-0.39, 0.29) is 37.5 Å². The van der Waals surface area contributed by atoms with E-state index in [2.05, 4.69) is 51.2 Å². The first-order valence-electron chi connectivity index (χ1n) is 26.7. The highest BCUT2D eigenvalue weighted by Crippen LogP contribution is 2.16. The summed E-state index contributed by atoms with van der Waals surface area (Å²) in [6, 6.07) is 0. The summed E-state index contributed by atoms with van der Waals surface area (Å²) in [4.78, 5) is 38.0. The third-order valence-electron chi connectivity index (χ3n) is 11.3. The van der Waals surface area contributed by atoms with Crippen LogP contribution in [0.4, 0.5) is 0 Å². The van der Waals surface area contributed by atoms with E-state index in [1.807, 2.05) is 54.7 Å². The molecule has 0 rings (SSSR count). The lowest BCUT2D eigenvalue weighted by Gasteiger charge is -2.18. The van der Waals surface area contributed by atoms with Crippen LogP contribution in [0.2, 0.25) is 0 Å². The fourth-order valence-corrected chi connectivity index (χ4v) is 7.29. The molecule has 0 aliphatic heterocycles. The van der Waals surface area contributed by atoms with Crippen molar-refractivity contribution in [1.82, 2.24) is 0 Å². The molecule has 0 spiro atoms. The van der Waals surface area contributed by atoms with Crippen LogP contribution in [0.1, 0.15) is 245 Å². The van der Waals surface area contributed by atoms with Crippen molar-refractivity contribution in [3.63, 3.8) is 0 Å². The van der Waals surface area contributed by atoms with Crippen molar-refractivity contribution in [2.75, 3.05) is 13.2 Å². The summed E-state index contributed by atoms with van der Waals surface area (Å²) in [6.45, 7) is 6.40. The molecular formula is C58H98O6. The Kier molecular flexibility index (Phi) is 49.4. The standard InChI is InChI=1S/C58H98O6/c1-4-7-10-13-16-19-22-25-27-28-29-31-33-36-39-42-45-48-51-57(60)63-54-55(53-62-56(59)50-47-44-41-38-35-32-24-21-18-15-12-9-6-3)64-58(61)52-49-46-43-40-37-34-30-26-23-20-17-14-11-8-5-2/h9,12,15,17-18,20-21,23-24,26,32,35,38,41,55H,4-8,10-11,13-14,16,19,22,25,27-31,33-34,36-37,39-40,42-54H2,1-3H3/b12-9+,18-15+,20-17+,24-21+,26-23+,35-32+,41-38+. The summed E-state index contributed by atoms with van der Waals surface area (Å²) < 4.78 is 16.7. The van der Waals surface area contributed by atoms with Crippen LogP contribution in [0.5, 0.6) is 0 Å². The van der Waals surface area contributed by atoms with Gasteiger partial charge in [0.15, 0.2) is 6.10 Å². The Labute approximate surface area is 395 Å². The number of unbranched alkanes of at least 4 members (excludes halogenated alkanes) is 27. The van der Waals surface area contributed by atoms with Gasteiger partial charge < -0.3 is 14.2 Å². The Bertz CT molecular complexity index is 1250. The molecule has 6 nitrogen and oxygen atoms in total. The summed E-state index contributed by atoms with van der Waals surface area (Å²) in [5, 5.41) is 0. The van der Waals surface area contributed by atoms with Crippen molar-refractivity contribution in [1.29, 1.82) is 0 Å². The Balaban J connectivity index is 4.45. The van der Waals surface area contributed by atoms with Gasteiger partial charge in [-0.1, -0.05) is 254 Å². The molecule has 0 saturated carbocycles. The van der Waals surface area contributed by atoms with Crippen molar-refractivity contribution < 1.29 is 28.6 Å². The van der Waals surface area contributed by atoms with E-state index in [1.165, 1.54) is 135 Å². The SMILES string of the molecule is CC/C=C/C=C/C=C/C=C/C=C/CCCC(=O)OCC(COC(=O)CCCCCCCCCCCCCCCCCCCC)OC(=O)CCCCCCCC/C=C/C=C/CCCCC. The maximum atomic E-state index is 12.8. The van der Waals surface area contributed by atoms with E-state index in [4.69, 9.17) is 14.2 Å². The summed E-state index contributed by atoms with van der Waals surface area (Å²) in [5.41, 5.74) is 0. The summed E-state index contributed by atoms with van der Waals surface area (Å²) in [6.07, 6.45) is 67.2. The summed E-state index contributed by atoms with van der Waals surface area (Å²) >= 11 is 0. The molecule has 6 heteroatoms. The number of ether oxygens (including phenoxy) is 3. The molecule has 0 bridgehead atoms. The molecule has 0 amide bonds. The molecule has 0 aliphatic rings. The van der Waals surface area contributed by atoms with Gasteiger partial charge in [0, 0.05) is 19.3 Å². The third-order valence-corrected chi connectivity index (χ3v) is 11.3. The van der Waals surface area contributed by atoms with Crippen LogP contribution in [0.15, 0.2) is 85.1 Å². The van der Waals surface area contributed by atoms with Gasteiger partial charge in [0.05, 0.1) is 0 Å². The first kappa shape index (κ1) is 60.6. The van der Waals surface area contributed by atoms with Crippen molar-refractivity contribution >= 4 is 17.9 Å². The van der Waals surface area contributed by atoms with Gasteiger partial charge in [0.2, 0.25) is 0 Å². The largest absolute Gasteiger partial charge is 0.462 e. The van der Waals surface area contributed by atoms with E-state index >= 15 is 0 Å². The zero-order valence-electron chi connectivity index (χ0n) is 41.8. The molecule has 0 heterocycles. The molecule has 1 atom stereocenters. The minimum absolute atomic E-state index is 0.102. The molecule has 0 aliphatic carbocycles. The molecule has 1 unspecified atom stereocenters. The lowest BCUT2D eigenvalue weighted by Crippen LogP contribution is -2.30. The number of allylic oxidation sites excluding steroid dienone is 14. The van der Waals surface area contributed by atoms with E-state index in [0.29, 0.717) is 19.3 Å². The third kappa shape index (κ3) is 49.6. The lowest BCUT2D eigenvalue weighted by molar-refractivity contribution is -0.167. The van der Waals surface area contributed by atoms with Crippen molar-refractivity contribution in [3.05, 3.63) is 85.1 Å². The number of rotatable bonds is 47. The molecule has 0 saturated heterocycles. The monoisotopic (exact) mass is 891 g/mol. The number of hydrogen-bond donors (Lipinski definition) is 0. The van der Waals surface area contributed by atoms with Crippen LogP contribution < -0.4 is 0 Å². The van der Waals surface area contributed by atoms with Crippen LogP contribution >= 0.6 is 0 Å². The zero-order valence-corrected chi connectivity index (χ0v) is 41.8. The highest BCUT2D eigenvalue weighted by atomic mass is 16.6. The Morgan fingerprint density at radius 2 is 0.625 bits per heavy atom. The molecule has 366 valence electrons. The van der Waals surface area contributed by atoms with Gasteiger partial charge in [0.25, 0.3) is 0 Å². The second kappa shape index (κ2) is 52.2. The van der Waals surface area contributed by atoms with Crippen molar-refractivity contribution in [3.8, 4) is 0 Å². The average Bonchev–Trinajstić information content (AvgIpc) is 3.29. The molecule has 0 N–H and O–H groups in total. The van der Waals surface area contributed by atoms with Crippen LogP contribution in [0.3, 0.4) is 0 Å². The van der Waals surface area contributed by atoms with Crippen LogP contribution in [0.25, 0.3) is 0 Å². The number of carbonyl (C=O) groups is 3. The topological polar surface area (TPSA) is 78.9 Å². The predicted octanol–water partition coefficient (Wildman–Crippen LogP) is 17.6. The van der Waals surface area contributed by atoms with Gasteiger partial charge in [-0.15, -0.1) is 0 Å².